The molecule has 0 bridgehead atoms. The van der Waals surface area contributed by atoms with E-state index < -0.39 is 5.97 Å². The fraction of sp³-hybridized carbons (Fsp3) is 0.273. The van der Waals surface area contributed by atoms with Crippen LogP contribution < -0.4 is 0 Å². The SMILES string of the molecule is O=C(O)c1cccc2ncn(CCCO)c12. The summed E-state index contributed by atoms with van der Waals surface area (Å²) in [4.78, 5) is 15.2. The largest absolute Gasteiger partial charge is 0.478 e. The number of aliphatic hydroxyl groups is 1. The number of aromatic nitrogens is 2. The Kier molecular flexibility index (Phi) is 2.87. The molecule has 0 spiro atoms. The van der Waals surface area contributed by atoms with Crippen LogP contribution in [0.15, 0.2) is 24.5 Å². The van der Waals surface area contributed by atoms with Gasteiger partial charge >= 0.3 is 5.97 Å². The van der Waals surface area contributed by atoms with Crippen molar-refractivity contribution < 1.29 is 15.0 Å². The molecular formula is C11H12N2O3. The van der Waals surface area contributed by atoms with E-state index in [0.29, 0.717) is 24.0 Å². The number of imidazole rings is 1. The Morgan fingerprint density at radius 2 is 2.25 bits per heavy atom. The molecule has 0 radical (unpaired) electrons. The van der Waals surface area contributed by atoms with Gasteiger partial charge in [-0.25, -0.2) is 9.78 Å². The van der Waals surface area contributed by atoms with Gasteiger partial charge in [0.1, 0.15) is 0 Å². The topological polar surface area (TPSA) is 75.3 Å². The molecule has 0 saturated heterocycles. The monoisotopic (exact) mass is 220 g/mol. The van der Waals surface area contributed by atoms with Crippen LogP contribution in [-0.4, -0.2) is 32.3 Å². The van der Waals surface area contributed by atoms with Crippen molar-refractivity contribution >= 4 is 17.0 Å². The summed E-state index contributed by atoms with van der Waals surface area (Å²) < 4.78 is 1.76. The molecule has 0 aliphatic heterocycles. The molecule has 0 amide bonds. The number of carboxylic acid groups (broad SMARTS) is 1. The molecule has 1 heterocycles. The van der Waals surface area contributed by atoms with E-state index in [1.165, 1.54) is 0 Å². The molecule has 84 valence electrons. The predicted octanol–water partition coefficient (Wildman–Crippen LogP) is 1.12. The van der Waals surface area contributed by atoms with Crippen LogP contribution in [0.5, 0.6) is 0 Å². The fourth-order valence-corrected chi connectivity index (χ4v) is 1.71. The molecule has 0 atom stereocenters. The van der Waals surface area contributed by atoms with Gasteiger partial charge in [0.2, 0.25) is 0 Å². The highest BCUT2D eigenvalue weighted by atomic mass is 16.4. The minimum atomic E-state index is -0.962. The van der Waals surface area contributed by atoms with Crippen molar-refractivity contribution in [2.45, 2.75) is 13.0 Å². The van der Waals surface area contributed by atoms with Gasteiger partial charge in [0.15, 0.2) is 0 Å². The fourth-order valence-electron chi connectivity index (χ4n) is 1.71. The summed E-state index contributed by atoms with van der Waals surface area (Å²) in [7, 11) is 0. The van der Waals surface area contributed by atoms with E-state index in [4.69, 9.17) is 10.2 Å². The van der Waals surface area contributed by atoms with Crippen LogP contribution in [-0.2, 0) is 6.54 Å². The third-order valence-corrected chi connectivity index (χ3v) is 2.43. The van der Waals surface area contributed by atoms with E-state index in [1.54, 1.807) is 29.1 Å². The van der Waals surface area contributed by atoms with Crippen LogP contribution >= 0.6 is 0 Å². The van der Waals surface area contributed by atoms with Crippen molar-refractivity contribution in [1.29, 1.82) is 0 Å². The summed E-state index contributed by atoms with van der Waals surface area (Å²) in [6.07, 6.45) is 2.19. The molecule has 0 saturated carbocycles. The van der Waals surface area contributed by atoms with E-state index in [-0.39, 0.29) is 12.2 Å². The zero-order chi connectivity index (χ0) is 11.5. The van der Waals surface area contributed by atoms with E-state index in [9.17, 15) is 4.79 Å². The summed E-state index contributed by atoms with van der Waals surface area (Å²) in [6.45, 7) is 0.645. The Labute approximate surface area is 92.0 Å². The minimum Gasteiger partial charge on any atom is -0.478 e. The van der Waals surface area contributed by atoms with E-state index >= 15 is 0 Å². The first-order valence-corrected chi connectivity index (χ1v) is 5.02. The number of hydrogen-bond donors (Lipinski definition) is 2. The van der Waals surface area contributed by atoms with E-state index in [2.05, 4.69) is 4.98 Å². The van der Waals surface area contributed by atoms with Crippen molar-refractivity contribution in [2.75, 3.05) is 6.61 Å². The first kappa shape index (κ1) is 10.6. The predicted molar refractivity (Wildman–Crippen MR) is 58.4 cm³/mol. The summed E-state index contributed by atoms with van der Waals surface area (Å²) in [5.74, 6) is -0.962. The van der Waals surface area contributed by atoms with Crippen molar-refractivity contribution in [3.8, 4) is 0 Å². The van der Waals surface area contributed by atoms with Gasteiger partial charge in [0.05, 0.1) is 22.9 Å². The maximum atomic E-state index is 11.0. The van der Waals surface area contributed by atoms with Crippen LogP contribution in [0.25, 0.3) is 11.0 Å². The van der Waals surface area contributed by atoms with Crippen LogP contribution in [0.1, 0.15) is 16.8 Å². The lowest BCUT2D eigenvalue weighted by Crippen LogP contribution is -2.04. The molecule has 0 aliphatic rings. The second-order valence-corrected chi connectivity index (χ2v) is 3.49. The Hall–Kier alpha value is -1.88. The number of aromatic carboxylic acids is 1. The summed E-state index contributed by atoms with van der Waals surface area (Å²) in [5, 5.41) is 17.8. The normalized spacial score (nSPS) is 10.8. The highest BCUT2D eigenvalue weighted by molar-refractivity contribution is 6.01. The Bertz CT molecular complexity index is 519. The van der Waals surface area contributed by atoms with Crippen molar-refractivity contribution in [3.63, 3.8) is 0 Å². The molecule has 2 aromatic rings. The van der Waals surface area contributed by atoms with Gasteiger partial charge in [-0.3, -0.25) is 0 Å². The first-order chi connectivity index (χ1) is 7.74. The third-order valence-electron chi connectivity index (χ3n) is 2.43. The molecule has 1 aromatic heterocycles. The third kappa shape index (κ3) is 1.77. The molecule has 0 unspecified atom stereocenters. The van der Waals surface area contributed by atoms with Gasteiger partial charge < -0.3 is 14.8 Å². The lowest BCUT2D eigenvalue weighted by atomic mass is 10.2. The number of fused-ring (bicyclic) bond motifs is 1. The highest BCUT2D eigenvalue weighted by Crippen LogP contribution is 2.18. The summed E-state index contributed by atoms with van der Waals surface area (Å²) in [6, 6.07) is 5.01. The Morgan fingerprint density at radius 1 is 1.44 bits per heavy atom. The van der Waals surface area contributed by atoms with Crippen LogP contribution in [0.4, 0.5) is 0 Å². The second-order valence-electron chi connectivity index (χ2n) is 3.49. The number of rotatable bonds is 4. The number of benzene rings is 1. The van der Waals surface area contributed by atoms with Crippen molar-refractivity contribution in [1.82, 2.24) is 9.55 Å². The summed E-state index contributed by atoms with van der Waals surface area (Å²) >= 11 is 0. The lowest BCUT2D eigenvalue weighted by molar-refractivity contribution is 0.0698. The molecule has 2 rings (SSSR count). The number of nitrogens with zero attached hydrogens (tertiary/aromatic N) is 2. The Balaban J connectivity index is 2.54. The van der Waals surface area contributed by atoms with Gasteiger partial charge in [-0.1, -0.05) is 6.07 Å². The van der Waals surface area contributed by atoms with Gasteiger partial charge in [-0.2, -0.15) is 0 Å². The number of carboxylic acids is 1. The average Bonchev–Trinajstić information content (AvgIpc) is 2.69. The number of aryl methyl sites for hydroxylation is 1. The molecule has 2 N–H and O–H groups in total. The minimum absolute atomic E-state index is 0.0783. The smallest absolute Gasteiger partial charge is 0.337 e. The molecule has 0 aliphatic carbocycles. The summed E-state index contributed by atoms with van der Waals surface area (Å²) in [5.41, 5.74) is 1.52. The van der Waals surface area contributed by atoms with Gasteiger partial charge in [0, 0.05) is 13.2 Å². The molecule has 0 fully saturated rings. The van der Waals surface area contributed by atoms with Crippen molar-refractivity contribution in [3.05, 3.63) is 30.1 Å². The van der Waals surface area contributed by atoms with Crippen LogP contribution in [0.2, 0.25) is 0 Å². The average molecular weight is 220 g/mol. The first-order valence-electron chi connectivity index (χ1n) is 5.02. The molecule has 5 heteroatoms. The van der Waals surface area contributed by atoms with Crippen LogP contribution in [0, 0.1) is 0 Å². The molecule has 16 heavy (non-hydrogen) atoms. The second kappa shape index (κ2) is 4.32. The number of para-hydroxylation sites is 1. The van der Waals surface area contributed by atoms with Gasteiger partial charge in [0.25, 0.3) is 0 Å². The van der Waals surface area contributed by atoms with Crippen molar-refractivity contribution in [2.24, 2.45) is 0 Å². The number of aliphatic hydroxyl groups excluding tert-OH is 1. The molecule has 1 aromatic carbocycles. The molecular weight excluding hydrogens is 208 g/mol. The molecule has 5 nitrogen and oxygen atoms in total. The highest BCUT2D eigenvalue weighted by Gasteiger charge is 2.12. The maximum Gasteiger partial charge on any atom is 0.337 e. The standard InChI is InChI=1S/C11H12N2O3/c14-6-2-5-13-7-12-9-4-1-3-8(10(9)13)11(15)16/h1,3-4,7,14H,2,5-6H2,(H,15,16). The number of carbonyl (C=O) groups is 1. The zero-order valence-electron chi connectivity index (χ0n) is 8.63. The van der Waals surface area contributed by atoms with E-state index in [1.807, 2.05) is 0 Å². The zero-order valence-corrected chi connectivity index (χ0v) is 8.63. The van der Waals surface area contributed by atoms with Gasteiger partial charge in [-0.05, 0) is 18.6 Å². The quantitative estimate of drug-likeness (QED) is 0.809. The van der Waals surface area contributed by atoms with Crippen LogP contribution in [0.3, 0.4) is 0 Å². The lowest BCUT2D eigenvalue weighted by Gasteiger charge is -2.04. The van der Waals surface area contributed by atoms with Gasteiger partial charge in [-0.15, -0.1) is 0 Å². The van der Waals surface area contributed by atoms with E-state index in [0.717, 1.165) is 0 Å². The Morgan fingerprint density at radius 3 is 2.94 bits per heavy atom. The maximum absolute atomic E-state index is 11.0. The number of hydrogen-bond acceptors (Lipinski definition) is 3.